The Morgan fingerprint density at radius 3 is 2.69 bits per heavy atom. The van der Waals surface area contributed by atoms with Crippen LogP contribution in [0.25, 0.3) is 10.7 Å². The number of rotatable bonds is 5. The smallest absolute Gasteiger partial charge is 0.370 e. The first-order valence-corrected chi connectivity index (χ1v) is 9.86. The van der Waals surface area contributed by atoms with Gasteiger partial charge < -0.3 is 10.2 Å². The Hall–Kier alpha value is -2.95. The second-order valence-corrected chi connectivity index (χ2v) is 7.54. The molecule has 3 heterocycles. The molecule has 1 aliphatic rings. The van der Waals surface area contributed by atoms with Gasteiger partial charge in [-0.3, -0.25) is 4.79 Å². The number of thiophene rings is 1. The second-order valence-electron chi connectivity index (χ2n) is 6.59. The summed E-state index contributed by atoms with van der Waals surface area (Å²) in [6, 6.07) is 7.09. The normalized spacial score (nSPS) is 14.4. The van der Waals surface area contributed by atoms with Crippen LogP contribution in [0.4, 0.5) is 24.5 Å². The number of halogens is 3. The molecule has 1 N–H and O–H groups in total. The van der Waals surface area contributed by atoms with Crippen molar-refractivity contribution in [2.24, 2.45) is 0 Å². The highest BCUT2D eigenvalue weighted by Gasteiger charge is 2.32. The van der Waals surface area contributed by atoms with Gasteiger partial charge in [0.15, 0.2) is 0 Å². The molecule has 0 unspecified atom stereocenters. The van der Waals surface area contributed by atoms with Crippen LogP contribution >= 0.6 is 11.3 Å². The lowest BCUT2D eigenvalue weighted by Gasteiger charge is -2.22. The summed E-state index contributed by atoms with van der Waals surface area (Å²) in [4.78, 5) is 16.4. The van der Waals surface area contributed by atoms with E-state index in [9.17, 15) is 18.0 Å². The van der Waals surface area contributed by atoms with Crippen molar-refractivity contribution in [1.29, 1.82) is 0 Å². The molecule has 1 aromatic carbocycles. The molecule has 0 atom stereocenters. The third-order valence-electron chi connectivity index (χ3n) is 4.52. The minimum Gasteiger partial charge on any atom is -0.370 e. The van der Waals surface area contributed by atoms with Crippen molar-refractivity contribution < 1.29 is 18.0 Å². The van der Waals surface area contributed by atoms with Crippen LogP contribution in [0.5, 0.6) is 0 Å². The summed E-state index contributed by atoms with van der Waals surface area (Å²) in [6.45, 7) is 1.22. The van der Waals surface area contributed by atoms with E-state index in [-0.39, 0.29) is 12.2 Å². The van der Waals surface area contributed by atoms with Crippen molar-refractivity contribution in [2.75, 3.05) is 23.3 Å². The van der Waals surface area contributed by atoms with Crippen LogP contribution in [0.2, 0.25) is 0 Å². The standard InChI is InChI=1S/C18H17F3N6OS/c19-18(20,21)12-5-6-14(26-7-1-2-8-26)13(10-12)22-16(28)11-27-24-17(23-25-27)15-4-3-9-29-15/h3-6,9-10H,1-2,7-8,11H2,(H,22,28). The van der Waals surface area contributed by atoms with Gasteiger partial charge in [0.1, 0.15) is 6.54 Å². The molecule has 152 valence electrons. The molecule has 0 bridgehead atoms. The molecule has 0 spiro atoms. The van der Waals surface area contributed by atoms with E-state index in [1.807, 2.05) is 22.4 Å². The zero-order valence-corrected chi connectivity index (χ0v) is 16.0. The predicted octanol–water partition coefficient (Wildman–Crippen LogP) is 3.66. The number of hydrogen-bond acceptors (Lipinski definition) is 6. The minimum absolute atomic E-state index is 0.130. The molecule has 1 fully saturated rings. The fourth-order valence-corrected chi connectivity index (χ4v) is 3.83. The zero-order valence-electron chi connectivity index (χ0n) is 15.2. The molecule has 1 amide bonds. The second kappa shape index (κ2) is 7.82. The van der Waals surface area contributed by atoms with Gasteiger partial charge in [-0.05, 0) is 47.7 Å². The van der Waals surface area contributed by atoms with E-state index >= 15 is 0 Å². The lowest BCUT2D eigenvalue weighted by atomic mass is 10.1. The van der Waals surface area contributed by atoms with Crippen LogP contribution in [-0.4, -0.2) is 39.2 Å². The van der Waals surface area contributed by atoms with Crippen molar-refractivity contribution in [3.05, 3.63) is 41.3 Å². The number of anilines is 2. The van der Waals surface area contributed by atoms with E-state index in [1.165, 1.54) is 17.4 Å². The van der Waals surface area contributed by atoms with Crippen LogP contribution in [0, 0.1) is 0 Å². The van der Waals surface area contributed by atoms with E-state index in [2.05, 4.69) is 20.7 Å². The van der Waals surface area contributed by atoms with Crippen LogP contribution in [0.3, 0.4) is 0 Å². The summed E-state index contributed by atoms with van der Waals surface area (Å²) in [5.41, 5.74) is -0.102. The van der Waals surface area contributed by atoms with E-state index in [0.29, 0.717) is 11.5 Å². The average molecular weight is 422 g/mol. The molecule has 11 heteroatoms. The number of nitrogens with zero attached hydrogens (tertiary/aromatic N) is 5. The Morgan fingerprint density at radius 2 is 2.00 bits per heavy atom. The fourth-order valence-electron chi connectivity index (χ4n) is 3.18. The van der Waals surface area contributed by atoms with Gasteiger partial charge >= 0.3 is 6.18 Å². The maximum atomic E-state index is 13.1. The first-order chi connectivity index (χ1) is 13.9. The Kier molecular flexibility index (Phi) is 5.22. The van der Waals surface area contributed by atoms with Crippen LogP contribution < -0.4 is 10.2 Å². The van der Waals surface area contributed by atoms with Gasteiger partial charge in [0.05, 0.1) is 21.8 Å². The van der Waals surface area contributed by atoms with Gasteiger partial charge in [-0.2, -0.15) is 18.0 Å². The maximum Gasteiger partial charge on any atom is 0.416 e. The monoisotopic (exact) mass is 422 g/mol. The first kappa shape index (κ1) is 19.4. The van der Waals surface area contributed by atoms with Crippen molar-refractivity contribution in [3.63, 3.8) is 0 Å². The van der Waals surface area contributed by atoms with Crippen molar-refractivity contribution in [2.45, 2.75) is 25.6 Å². The van der Waals surface area contributed by atoms with Gasteiger partial charge in [-0.25, -0.2) is 0 Å². The topological polar surface area (TPSA) is 75.9 Å². The molecule has 0 aliphatic carbocycles. The average Bonchev–Trinajstić information content (AvgIpc) is 3.43. The molecule has 1 saturated heterocycles. The molecule has 0 radical (unpaired) electrons. The van der Waals surface area contributed by atoms with Gasteiger partial charge in [0.25, 0.3) is 0 Å². The number of carbonyl (C=O) groups excluding carboxylic acids is 1. The van der Waals surface area contributed by atoms with Gasteiger partial charge in [-0.1, -0.05) is 6.07 Å². The van der Waals surface area contributed by atoms with Crippen molar-refractivity contribution >= 4 is 28.6 Å². The summed E-state index contributed by atoms with van der Waals surface area (Å²) >= 11 is 1.44. The van der Waals surface area contributed by atoms with Gasteiger partial charge in [0, 0.05) is 13.1 Å². The molecule has 4 rings (SSSR count). The molecule has 3 aromatic rings. The Morgan fingerprint density at radius 1 is 1.21 bits per heavy atom. The van der Waals surface area contributed by atoms with E-state index in [1.54, 1.807) is 0 Å². The van der Waals surface area contributed by atoms with Gasteiger partial charge in [-0.15, -0.1) is 21.5 Å². The van der Waals surface area contributed by atoms with Crippen molar-refractivity contribution in [1.82, 2.24) is 20.2 Å². The highest BCUT2D eigenvalue weighted by molar-refractivity contribution is 7.13. The third-order valence-corrected chi connectivity index (χ3v) is 5.39. The van der Waals surface area contributed by atoms with E-state index in [4.69, 9.17) is 0 Å². The molecular weight excluding hydrogens is 405 g/mol. The molecule has 1 aliphatic heterocycles. The summed E-state index contributed by atoms with van der Waals surface area (Å²) in [7, 11) is 0. The van der Waals surface area contributed by atoms with Crippen molar-refractivity contribution in [3.8, 4) is 10.7 Å². The Labute approximate surface area is 168 Å². The SMILES string of the molecule is O=C(Cn1nnc(-c2cccs2)n1)Nc1cc(C(F)(F)F)ccc1N1CCCC1. The first-order valence-electron chi connectivity index (χ1n) is 8.98. The van der Waals surface area contributed by atoms with E-state index < -0.39 is 17.6 Å². The number of tetrazole rings is 1. The molecule has 0 saturated carbocycles. The fraction of sp³-hybridized carbons (Fsp3) is 0.333. The number of aromatic nitrogens is 4. The lowest BCUT2D eigenvalue weighted by molar-refractivity contribution is -0.137. The maximum absolute atomic E-state index is 13.1. The Bertz CT molecular complexity index is 995. The molecule has 29 heavy (non-hydrogen) atoms. The number of alkyl halides is 3. The predicted molar refractivity (Wildman–Crippen MR) is 103 cm³/mol. The lowest BCUT2D eigenvalue weighted by Crippen LogP contribution is -2.24. The summed E-state index contributed by atoms with van der Waals surface area (Å²) in [5, 5.41) is 16.3. The third kappa shape index (κ3) is 4.39. The van der Waals surface area contributed by atoms with E-state index in [0.717, 1.165) is 47.7 Å². The quantitative estimate of drug-likeness (QED) is 0.679. The summed E-state index contributed by atoms with van der Waals surface area (Å²) in [5.74, 6) is -0.135. The number of nitrogens with one attached hydrogen (secondary N) is 1. The van der Waals surface area contributed by atoms with Crippen LogP contribution in [-0.2, 0) is 17.5 Å². The molecule has 7 nitrogen and oxygen atoms in total. The minimum atomic E-state index is -4.49. The summed E-state index contributed by atoms with van der Waals surface area (Å²) in [6.07, 6.45) is -2.57. The number of carbonyl (C=O) groups is 1. The highest BCUT2D eigenvalue weighted by atomic mass is 32.1. The Balaban J connectivity index is 1.53. The van der Waals surface area contributed by atoms with Crippen LogP contribution in [0.15, 0.2) is 35.7 Å². The number of benzene rings is 1. The highest BCUT2D eigenvalue weighted by Crippen LogP contribution is 2.36. The summed E-state index contributed by atoms with van der Waals surface area (Å²) < 4.78 is 39.4. The molecular formula is C18H17F3N6OS. The largest absolute Gasteiger partial charge is 0.416 e. The van der Waals surface area contributed by atoms with Crippen LogP contribution in [0.1, 0.15) is 18.4 Å². The number of hydrogen-bond donors (Lipinski definition) is 1. The number of amides is 1. The zero-order chi connectivity index (χ0) is 20.4. The van der Waals surface area contributed by atoms with Gasteiger partial charge in [0.2, 0.25) is 11.7 Å². The molecule has 2 aromatic heterocycles.